The number of hydrogen-bond acceptors (Lipinski definition) is 3. The van der Waals surface area contributed by atoms with Crippen LogP contribution in [-0.4, -0.2) is 24.4 Å². The number of imide groups is 1. The number of hydrogen-bond donors (Lipinski definition) is 1. The van der Waals surface area contributed by atoms with Crippen molar-refractivity contribution in [2.45, 2.75) is 18.9 Å². The highest BCUT2D eigenvalue weighted by atomic mass is 35.5. The first kappa shape index (κ1) is 16.6. The minimum Gasteiger partial charge on any atom is -0.305 e. The molecule has 2 amide bonds. The third kappa shape index (κ3) is 3.63. The smallest absolute Gasteiger partial charge is 0.251 e. The quantitative estimate of drug-likeness (QED) is 0.847. The topological polar surface area (TPSA) is 49.4 Å². The normalized spacial score (nSPS) is 17.6. The molecule has 1 aliphatic heterocycles. The number of amides is 2. The van der Waals surface area contributed by atoms with Gasteiger partial charge >= 0.3 is 0 Å². The Labute approximate surface area is 144 Å². The number of carbonyl (C=O) groups excluding carboxylic acids is 2. The molecule has 0 saturated carbocycles. The summed E-state index contributed by atoms with van der Waals surface area (Å²) in [5, 5.41) is 3.65. The Morgan fingerprint density at radius 1 is 1.08 bits per heavy atom. The zero-order chi connectivity index (χ0) is 17.1. The lowest BCUT2D eigenvalue weighted by Gasteiger charge is -2.15. The average molecular weight is 347 g/mol. The van der Waals surface area contributed by atoms with E-state index in [1.165, 1.54) is 17.0 Å². The summed E-state index contributed by atoms with van der Waals surface area (Å²) in [4.78, 5) is 25.8. The van der Waals surface area contributed by atoms with Crippen molar-refractivity contribution in [1.29, 1.82) is 0 Å². The monoisotopic (exact) mass is 346 g/mol. The predicted molar refractivity (Wildman–Crippen MR) is 90.5 cm³/mol. The van der Waals surface area contributed by atoms with Gasteiger partial charge in [-0.25, -0.2) is 9.29 Å². The molecule has 1 heterocycles. The van der Waals surface area contributed by atoms with Crippen LogP contribution in [0.4, 0.5) is 10.1 Å². The van der Waals surface area contributed by atoms with Crippen LogP contribution < -0.4 is 10.2 Å². The van der Waals surface area contributed by atoms with Gasteiger partial charge in [0.2, 0.25) is 5.91 Å². The highest BCUT2D eigenvalue weighted by molar-refractivity contribution is 6.30. The number of nitrogens with one attached hydrogen (secondary N) is 1. The molecule has 0 aliphatic carbocycles. The molecular weight excluding hydrogens is 331 g/mol. The molecule has 1 N–H and O–H groups in total. The van der Waals surface area contributed by atoms with E-state index in [1.54, 1.807) is 36.4 Å². The first-order valence-corrected chi connectivity index (χ1v) is 8.02. The van der Waals surface area contributed by atoms with Gasteiger partial charge in [0.25, 0.3) is 5.91 Å². The first-order valence-electron chi connectivity index (χ1n) is 7.65. The maximum atomic E-state index is 12.9. The summed E-state index contributed by atoms with van der Waals surface area (Å²) in [7, 11) is 0. The summed E-state index contributed by atoms with van der Waals surface area (Å²) < 4.78 is 12.9. The van der Waals surface area contributed by atoms with Gasteiger partial charge in [-0.3, -0.25) is 9.59 Å². The van der Waals surface area contributed by atoms with E-state index in [-0.39, 0.29) is 24.1 Å². The Morgan fingerprint density at radius 3 is 2.42 bits per heavy atom. The Bertz CT molecular complexity index is 747. The van der Waals surface area contributed by atoms with E-state index < -0.39 is 6.04 Å². The lowest BCUT2D eigenvalue weighted by atomic mass is 10.1. The molecule has 2 aromatic rings. The fraction of sp³-hybridized carbons (Fsp3) is 0.222. The van der Waals surface area contributed by atoms with Crippen molar-refractivity contribution < 1.29 is 14.0 Å². The van der Waals surface area contributed by atoms with Crippen molar-refractivity contribution in [3.8, 4) is 0 Å². The molecule has 4 nitrogen and oxygen atoms in total. The third-order valence-corrected chi connectivity index (χ3v) is 4.20. The van der Waals surface area contributed by atoms with Gasteiger partial charge in [-0.1, -0.05) is 23.7 Å². The van der Waals surface area contributed by atoms with Gasteiger partial charge in [0.05, 0.1) is 18.2 Å². The van der Waals surface area contributed by atoms with Gasteiger partial charge < -0.3 is 5.32 Å². The Balaban J connectivity index is 1.59. The lowest BCUT2D eigenvalue weighted by molar-refractivity contribution is -0.121. The van der Waals surface area contributed by atoms with E-state index in [0.717, 1.165) is 5.56 Å². The minimum atomic E-state index is -0.534. The van der Waals surface area contributed by atoms with Crippen LogP contribution in [-0.2, 0) is 16.0 Å². The second-order valence-electron chi connectivity index (χ2n) is 5.63. The van der Waals surface area contributed by atoms with Gasteiger partial charge in [-0.05, 0) is 54.9 Å². The van der Waals surface area contributed by atoms with E-state index in [1.807, 2.05) is 0 Å². The SMILES string of the molecule is O=C1C[C@H](NCCc2ccc(F)cc2)C(=O)N1c1ccc(Cl)cc1. The summed E-state index contributed by atoms with van der Waals surface area (Å²) in [6, 6.07) is 12.3. The van der Waals surface area contributed by atoms with Gasteiger partial charge in [0, 0.05) is 5.02 Å². The fourth-order valence-electron chi connectivity index (χ4n) is 2.69. The molecule has 1 aliphatic rings. The number of rotatable bonds is 5. The van der Waals surface area contributed by atoms with Gasteiger partial charge in [0.15, 0.2) is 0 Å². The lowest BCUT2D eigenvalue weighted by Crippen LogP contribution is -2.39. The number of benzene rings is 2. The van der Waals surface area contributed by atoms with Crippen molar-refractivity contribution in [3.63, 3.8) is 0 Å². The molecule has 0 bridgehead atoms. The summed E-state index contributed by atoms with van der Waals surface area (Å²) in [5.41, 5.74) is 1.49. The zero-order valence-electron chi connectivity index (χ0n) is 12.8. The maximum absolute atomic E-state index is 12.9. The molecule has 0 radical (unpaired) electrons. The maximum Gasteiger partial charge on any atom is 0.251 e. The summed E-state index contributed by atoms with van der Waals surface area (Å²) in [6.07, 6.45) is 0.782. The van der Waals surface area contributed by atoms with Crippen LogP contribution in [0.5, 0.6) is 0 Å². The van der Waals surface area contributed by atoms with Crippen LogP contribution in [0.3, 0.4) is 0 Å². The van der Waals surface area contributed by atoms with Crippen LogP contribution >= 0.6 is 11.6 Å². The van der Waals surface area contributed by atoms with E-state index in [9.17, 15) is 14.0 Å². The van der Waals surface area contributed by atoms with E-state index in [2.05, 4.69) is 5.32 Å². The van der Waals surface area contributed by atoms with Crippen molar-refractivity contribution in [1.82, 2.24) is 5.32 Å². The Hall–Kier alpha value is -2.24. The predicted octanol–water partition coefficient (Wildman–Crippen LogP) is 2.94. The van der Waals surface area contributed by atoms with E-state index in [0.29, 0.717) is 23.7 Å². The summed E-state index contributed by atoms with van der Waals surface area (Å²) in [6.45, 7) is 0.532. The number of carbonyl (C=O) groups is 2. The standard InChI is InChI=1S/C18H16ClFN2O2/c19-13-3-7-15(8-4-13)22-17(23)11-16(18(22)24)21-10-9-12-1-5-14(20)6-2-12/h1-8,16,21H,9-11H2/t16-/m0/s1. The molecule has 6 heteroatoms. The molecule has 1 saturated heterocycles. The summed E-state index contributed by atoms with van der Waals surface area (Å²) >= 11 is 5.83. The van der Waals surface area contributed by atoms with Crippen molar-refractivity contribution >= 4 is 29.1 Å². The highest BCUT2D eigenvalue weighted by Crippen LogP contribution is 2.24. The second-order valence-corrected chi connectivity index (χ2v) is 6.07. The molecule has 0 spiro atoms. The Kier molecular flexibility index (Phi) is 4.92. The molecule has 2 aromatic carbocycles. The molecule has 1 fully saturated rings. The second kappa shape index (κ2) is 7.11. The number of halogens is 2. The van der Waals surface area contributed by atoms with E-state index >= 15 is 0 Å². The number of anilines is 1. The van der Waals surface area contributed by atoms with Gasteiger partial charge in [-0.2, -0.15) is 0 Å². The largest absolute Gasteiger partial charge is 0.305 e. The van der Waals surface area contributed by atoms with Crippen molar-refractivity contribution in [3.05, 3.63) is 64.9 Å². The molecular formula is C18H16ClFN2O2. The zero-order valence-corrected chi connectivity index (χ0v) is 13.6. The van der Waals surface area contributed by atoms with E-state index in [4.69, 9.17) is 11.6 Å². The van der Waals surface area contributed by atoms with Crippen LogP contribution in [0.25, 0.3) is 0 Å². The molecule has 3 rings (SSSR count). The average Bonchev–Trinajstić information content (AvgIpc) is 2.85. The third-order valence-electron chi connectivity index (χ3n) is 3.95. The molecule has 0 aromatic heterocycles. The van der Waals surface area contributed by atoms with Crippen LogP contribution in [0.1, 0.15) is 12.0 Å². The van der Waals surface area contributed by atoms with Crippen LogP contribution in [0.2, 0.25) is 5.02 Å². The van der Waals surface area contributed by atoms with Crippen molar-refractivity contribution in [2.75, 3.05) is 11.4 Å². The van der Waals surface area contributed by atoms with Crippen molar-refractivity contribution in [2.24, 2.45) is 0 Å². The first-order chi connectivity index (χ1) is 11.5. The molecule has 1 atom stereocenters. The molecule has 0 unspecified atom stereocenters. The Morgan fingerprint density at radius 2 is 1.75 bits per heavy atom. The number of nitrogens with zero attached hydrogens (tertiary/aromatic N) is 1. The van der Waals surface area contributed by atoms with Gasteiger partial charge in [-0.15, -0.1) is 0 Å². The summed E-state index contributed by atoms with van der Waals surface area (Å²) in [5.74, 6) is -0.773. The molecule has 24 heavy (non-hydrogen) atoms. The minimum absolute atomic E-state index is 0.130. The fourth-order valence-corrected chi connectivity index (χ4v) is 2.82. The molecule has 124 valence electrons. The highest BCUT2D eigenvalue weighted by Gasteiger charge is 2.39. The van der Waals surface area contributed by atoms with Gasteiger partial charge in [0.1, 0.15) is 5.82 Å². The van der Waals surface area contributed by atoms with Crippen LogP contribution in [0, 0.1) is 5.82 Å². The van der Waals surface area contributed by atoms with Crippen LogP contribution in [0.15, 0.2) is 48.5 Å².